The number of likely N-dealkylation sites (N-methyl/N-ethyl adjacent to an activating group) is 1. The van der Waals surface area contributed by atoms with Gasteiger partial charge >= 0.3 is 0 Å². The fourth-order valence-electron chi connectivity index (χ4n) is 3.33. The van der Waals surface area contributed by atoms with Crippen molar-refractivity contribution in [2.75, 3.05) is 20.1 Å². The van der Waals surface area contributed by atoms with Gasteiger partial charge in [0.1, 0.15) is 11.6 Å². The van der Waals surface area contributed by atoms with Crippen LogP contribution in [0.3, 0.4) is 0 Å². The number of nitrogens with one attached hydrogen (secondary N) is 2. The van der Waals surface area contributed by atoms with Gasteiger partial charge in [0.15, 0.2) is 5.96 Å². The van der Waals surface area contributed by atoms with Crippen LogP contribution in [0.5, 0.6) is 0 Å². The summed E-state index contributed by atoms with van der Waals surface area (Å²) in [5.74, 6) is -0.384. The zero-order valence-corrected chi connectivity index (χ0v) is 17.3. The van der Waals surface area contributed by atoms with Gasteiger partial charge in [0, 0.05) is 50.1 Å². The predicted molar refractivity (Wildman–Crippen MR) is 108 cm³/mol. The summed E-state index contributed by atoms with van der Waals surface area (Å²) in [6.45, 7) is 3.16. The van der Waals surface area contributed by atoms with Crippen LogP contribution in [0, 0.1) is 11.6 Å². The number of rotatable bonds is 4. The summed E-state index contributed by atoms with van der Waals surface area (Å²) in [5, 5.41) is 6.61. The van der Waals surface area contributed by atoms with Crippen molar-refractivity contribution in [3.8, 4) is 0 Å². The fraction of sp³-hybridized carbons (Fsp3) is 0.556. The largest absolute Gasteiger partial charge is 0.353 e. The number of hydrogen-bond acceptors (Lipinski definition) is 2. The van der Waals surface area contributed by atoms with E-state index in [4.69, 9.17) is 0 Å². The summed E-state index contributed by atoms with van der Waals surface area (Å²) < 4.78 is 27.8. The monoisotopic (exact) mass is 478 g/mol. The van der Waals surface area contributed by atoms with Gasteiger partial charge in [0.05, 0.1) is 0 Å². The molecule has 2 aliphatic rings. The smallest absolute Gasteiger partial charge is 0.222 e. The highest BCUT2D eigenvalue weighted by Crippen LogP contribution is 2.43. The van der Waals surface area contributed by atoms with Gasteiger partial charge in [-0.3, -0.25) is 9.79 Å². The summed E-state index contributed by atoms with van der Waals surface area (Å²) in [4.78, 5) is 17.7. The number of hydrogen-bond donors (Lipinski definition) is 2. The van der Waals surface area contributed by atoms with E-state index in [1.165, 1.54) is 18.2 Å². The molecule has 1 aromatic rings. The Morgan fingerprint density at radius 3 is 2.62 bits per heavy atom. The number of piperidine rings is 1. The van der Waals surface area contributed by atoms with Gasteiger partial charge in [0.2, 0.25) is 5.91 Å². The van der Waals surface area contributed by atoms with Crippen molar-refractivity contribution >= 4 is 35.8 Å². The quantitative estimate of drug-likeness (QED) is 0.398. The van der Waals surface area contributed by atoms with Gasteiger partial charge in [-0.2, -0.15) is 0 Å². The number of carbonyl (C=O) groups excluding carboxylic acids is 1. The van der Waals surface area contributed by atoms with Gasteiger partial charge in [-0.25, -0.2) is 8.78 Å². The van der Waals surface area contributed by atoms with Gasteiger partial charge in [-0.1, -0.05) is 6.07 Å². The van der Waals surface area contributed by atoms with Crippen molar-refractivity contribution < 1.29 is 13.6 Å². The van der Waals surface area contributed by atoms with E-state index in [1.807, 2.05) is 6.92 Å². The van der Waals surface area contributed by atoms with E-state index in [9.17, 15) is 13.6 Å². The van der Waals surface area contributed by atoms with Crippen LogP contribution in [0.2, 0.25) is 0 Å². The molecule has 0 spiro atoms. The standard InChI is InChI=1S/C18H24F2N4O.HI/c1-3-21-18(22-11-7-8-16(25)24(2)10-11)23-15-9-12(15)17-13(19)5-4-6-14(17)20;/h4-6,11-12,15H,3,7-10H2,1-2H3,(H2,21,22,23);1H. The first-order valence-electron chi connectivity index (χ1n) is 8.75. The number of guanidine groups is 1. The van der Waals surface area contributed by atoms with Gasteiger partial charge in [0.25, 0.3) is 0 Å². The second-order valence-electron chi connectivity index (χ2n) is 6.71. The summed E-state index contributed by atoms with van der Waals surface area (Å²) in [6.07, 6.45) is 1.94. The van der Waals surface area contributed by atoms with E-state index in [2.05, 4.69) is 15.6 Å². The van der Waals surface area contributed by atoms with Crippen molar-refractivity contribution in [1.82, 2.24) is 15.5 Å². The minimum atomic E-state index is -0.497. The highest BCUT2D eigenvalue weighted by atomic mass is 127. The molecule has 3 atom stereocenters. The normalized spacial score (nSPS) is 25.5. The molecule has 1 saturated carbocycles. The van der Waals surface area contributed by atoms with Gasteiger partial charge in [-0.05, 0) is 31.9 Å². The lowest BCUT2D eigenvalue weighted by molar-refractivity contribution is -0.132. The van der Waals surface area contributed by atoms with E-state index in [1.54, 1.807) is 11.9 Å². The maximum atomic E-state index is 13.9. The zero-order chi connectivity index (χ0) is 18.0. The molecule has 26 heavy (non-hydrogen) atoms. The summed E-state index contributed by atoms with van der Waals surface area (Å²) in [6, 6.07) is 4.06. The molecule has 3 unspecified atom stereocenters. The third kappa shape index (κ3) is 4.83. The molecule has 144 valence electrons. The number of nitrogens with zero attached hydrogens (tertiary/aromatic N) is 2. The summed E-state index contributed by atoms with van der Waals surface area (Å²) >= 11 is 0. The molecule has 1 aromatic carbocycles. The number of halogens is 3. The first-order chi connectivity index (χ1) is 12.0. The van der Waals surface area contributed by atoms with Crippen LogP contribution >= 0.6 is 24.0 Å². The lowest BCUT2D eigenvalue weighted by atomic mass is 10.1. The van der Waals surface area contributed by atoms with Crippen LogP contribution in [0.4, 0.5) is 8.78 Å². The number of likely N-dealkylation sites (tertiary alicyclic amines) is 1. The molecule has 0 bridgehead atoms. The van der Waals surface area contributed by atoms with E-state index in [-0.39, 0.29) is 53.4 Å². The molecular weight excluding hydrogens is 453 g/mol. The SMILES string of the molecule is CCN=C(NC1CCC(=O)N(C)C1)NC1CC1c1c(F)cccc1F.I. The minimum Gasteiger partial charge on any atom is -0.353 e. The Hall–Kier alpha value is -1.45. The molecule has 8 heteroatoms. The molecular formula is C18H25F2IN4O. The van der Waals surface area contributed by atoms with Crippen molar-refractivity contribution in [2.45, 2.75) is 44.2 Å². The Morgan fingerprint density at radius 1 is 1.31 bits per heavy atom. The second kappa shape index (κ2) is 8.96. The molecule has 0 radical (unpaired) electrons. The van der Waals surface area contributed by atoms with Crippen molar-refractivity contribution in [3.05, 3.63) is 35.4 Å². The topological polar surface area (TPSA) is 56.7 Å². The molecule has 1 amide bonds. The summed E-state index contributed by atoms with van der Waals surface area (Å²) in [7, 11) is 1.79. The van der Waals surface area contributed by atoms with Crippen LogP contribution in [-0.2, 0) is 4.79 Å². The molecule has 3 rings (SSSR count). The van der Waals surface area contributed by atoms with Crippen molar-refractivity contribution in [1.29, 1.82) is 0 Å². The van der Waals surface area contributed by atoms with E-state index < -0.39 is 11.6 Å². The van der Waals surface area contributed by atoms with Crippen molar-refractivity contribution in [2.24, 2.45) is 4.99 Å². The summed E-state index contributed by atoms with van der Waals surface area (Å²) in [5.41, 5.74) is 0.152. The van der Waals surface area contributed by atoms with Crippen LogP contribution in [-0.4, -0.2) is 49.0 Å². The van der Waals surface area contributed by atoms with E-state index >= 15 is 0 Å². The van der Waals surface area contributed by atoms with Crippen LogP contribution in [0.15, 0.2) is 23.2 Å². The van der Waals surface area contributed by atoms with Crippen molar-refractivity contribution in [3.63, 3.8) is 0 Å². The van der Waals surface area contributed by atoms with Gasteiger partial charge < -0.3 is 15.5 Å². The average molecular weight is 478 g/mol. The Balaban J connectivity index is 0.00000243. The van der Waals surface area contributed by atoms with E-state index in [0.29, 0.717) is 31.9 Å². The number of aliphatic imine (C=N–C) groups is 1. The molecule has 1 saturated heterocycles. The molecule has 5 nitrogen and oxygen atoms in total. The predicted octanol–water partition coefficient (Wildman–Crippen LogP) is 2.61. The maximum absolute atomic E-state index is 13.9. The molecule has 2 N–H and O–H groups in total. The minimum absolute atomic E-state index is 0. The number of benzene rings is 1. The first-order valence-corrected chi connectivity index (χ1v) is 8.75. The molecule has 1 heterocycles. The fourth-order valence-corrected chi connectivity index (χ4v) is 3.33. The Morgan fingerprint density at radius 2 is 2.00 bits per heavy atom. The van der Waals surface area contributed by atoms with Crippen LogP contribution in [0.1, 0.15) is 37.7 Å². The lowest BCUT2D eigenvalue weighted by Gasteiger charge is -2.31. The number of carbonyl (C=O) groups is 1. The highest BCUT2D eigenvalue weighted by molar-refractivity contribution is 14.0. The number of amides is 1. The van der Waals surface area contributed by atoms with Gasteiger partial charge in [-0.15, -0.1) is 24.0 Å². The first kappa shape index (κ1) is 20.9. The maximum Gasteiger partial charge on any atom is 0.222 e. The highest BCUT2D eigenvalue weighted by Gasteiger charge is 2.42. The average Bonchev–Trinajstić information content (AvgIpc) is 3.30. The third-order valence-electron chi connectivity index (χ3n) is 4.77. The van der Waals surface area contributed by atoms with Crippen LogP contribution in [0.25, 0.3) is 0 Å². The molecule has 2 fully saturated rings. The van der Waals surface area contributed by atoms with Crippen LogP contribution < -0.4 is 10.6 Å². The van der Waals surface area contributed by atoms with E-state index in [0.717, 1.165) is 6.42 Å². The Kier molecular flexibility index (Phi) is 7.19. The third-order valence-corrected chi connectivity index (χ3v) is 4.77. The Bertz CT molecular complexity index is 665. The lowest BCUT2D eigenvalue weighted by Crippen LogP contribution is -2.52. The molecule has 1 aliphatic carbocycles. The Labute approximate surface area is 169 Å². The second-order valence-corrected chi connectivity index (χ2v) is 6.71. The zero-order valence-electron chi connectivity index (χ0n) is 15.0. The molecule has 0 aromatic heterocycles. The molecule has 1 aliphatic heterocycles.